The second-order valence-corrected chi connectivity index (χ2v) is 8.60. The predicted octanol–water partition coefficient (Wildman–Crippen LogP) is 3.64. The van der Waals surface area contributed by atoms with Crippen LogP contribution >= 0.6 is 11.8 Å². The summed E-state index contributed by atoms with van der Waals surface area (Å²) >= 11 is 1.47. The smallest absolute Gasteiger partial charge is 0.244 e. The monoisotopic (exact) mass is 404 g/mol. The molecule has 2 rings (SSSR count). The first kappa shape index (κ1) is 21.2. The van der Waals surface area contributed by atoms with Crippen molar-refractivity contribution < 1.29 is 13.2 Å². The van der Waals surface area contributed by atoms with Gasteiger partial charge in [0.25, 0.3) is 0 Å². The lowest BCUT2D eigenvalue weighted by molar-refractivity contribution is -0.116. The number of carbonyl (C=O) groups is 1. The minimum Gasteiger partial charge on any atom is -0.348 e. The molecule has 1 amide bonds. The number of rotatable bonds is 9. The molecule has 27 heavy (non-hydrogen) atoms. The molecule has 0 radical (unpaired) electrons. The van der Waals surface area contributed by atoms with Crippen molar-refractivity contribution in [1.82, 2.24) is 9.62 Å². The minimum atomic E-state index is -3.46. The van der Waals surface area contributed by atoms with Crippen molar-refractivity contribution in [2.75, 3.05) is 13.1 Å². The highest BCUT2D eigenvalue weighted by Gasteiger charge is 2.21. The third kappa shape index (κ3) is 6.23. The van der Waals surface area contributed by atoms with Crippen LogP contribution in [0.25, 0.3) is 0 Å². The number of nitrogens with zero attached hydrogens (tertiary/aromatic N) is 1. The molecule has 144 valence electrons. The van der Waals surface area contributed by atoms with Crippen LogP contribution in [0.2, 0.25) is 0 Å². The molecule has 0 aliphatic heterocycles. The zero-order valence-corrected chi connectivity index (χ0v) is 17.1. The molecule has 0 unspecified atom stereocenters. The van der Waals surface area contributed by atoms with Gasteiger partial charge in [0.15, 0.2) is 0 Å². The van der Waals surface area contributed by atoms with Crippen molar-refractivity contribution >= 4 is 27.7 Å². The molecule has 5 nitrogen and oxygen atoms in total. The van der Waals surface area contributed by atoms with Gasteiger partial charge < -0.3 is 5.32 Å². The van der Waals surface area contributed by atoms with E-state index in [0.29, 0.717) is 19.6 Å². The maximum atomic E-state index is 12.5. The van der Waals surface area contributed by atoms with E-state index in [4.69, 9.17) is 0 Å². The summed E-state index contributed by atoms with van der Waals surface area (Å²) in [6, 6.07) is 16.4. The Balaban J connectivity index is 1.88. The lowest BCUT2D eigenvalue weighted by Crippen LogP contribution is -2.30. The molecule has 0 bridgehead atoms. The fraction of sp³-hybridized carbons (Fsp3) is 0.250. The van der Waals surface area contributed by atoms with E-state index in [-0.39, 0.29) is 10.8 Å². The molecule has 0 spiro atoms. The van der Waals surface area contributed by atoms with Crippen LogP contribution in [0, 0.1) is 0 Å². The molecule has 2 aromatic rings. The molecule has 0 aliphatic carbocycles. The van der Waals surface area contributed by atoms with Gasteiger partial charge in [-0.2, -0.15) is 4.31 Å². The van der Waals surface area contributed by atoms with Crippen LogP contribution in [0.3, 0.4) is 0 Å². The second-order valence-electron chi connectivity index (χ2n) is 5.68. The normalized spacial score (nSPS) is 11.8. The van der Waals surface area contributed by atoms with Crippen LogP contribution in [-0.2, 0) is 21.4 Å². The van der Waals surface area contributed by atoms with Gasteiger partial charge in [0.05, 0.1) is 4.90 Å². The Labute approximate surface area is 165 Å². The van der Waals surface area contributed by atoms with E-state index in [1.165, 1.54) is 22.1 Å². The summed E-state index contributed by atoms with van der Waals surface area (Å²) in [7, 11) is -3.46. The highest BCUT2D eigenvalue weighted by molar-refractivity contribution is 8.02. The zero-order valence-electron chi connectivity index (χ0n) is 15.5. The predicted molar refractivity (Wildman–Crippen MR) is 110 cm³/mol. The van der Waals surface area contributed by atoms with Crippen LogP contribution in [0.5, 0.6) is 0 Å². The molecule has 2 aromatic carbocycles. The molecule has 1 N–H and O–H groups in total. The summed E-state index contributed by atoms with van der Waals surface area (Å²) in [5.74, 6) is -0.196. The van der Waals surface area contributed by atoms with Gasteiger partial charge in [0.2, 0.25) is 15.9 Å². The number of nitrogens with one attached hydrogen (secondary N) is 1. The Morgan fingerprint density at radius 1 is 1.04 bits per heavy atom. The van der Waals surface area contributed by atoms with Gasteiger partial charge in [0.1, 0.15) is 0 Å². The summed E-state index contributed by atoms with van der Waals surface area (Å²) in [5, 5.41) is 4.53. The molecule has 0 aliphatic rings. The molecule has 0 heterocycles. The van der Waals surface area contributed by atoms with E-state index < -0.39 is 10.0 Å². The molecule has 0 saturated carbocycles. The first-order valence-electron chi connectivity index (χ1n) is 8.72. The Hall–Kier alpha value is -2.09. The van der Waals surface area contributed by atoms with Crippen LogP contribution in [0.1, 0.15) is 19.4 Å². The summed E-state index contributed by atoms with van der Waals surface area (Å²) in [5.41, 5.74) is 0.839. The van der Waals surface area contributed by atoms with Gasteiger partial charge in [-0.05, 0) is 35.2 Å². The lowest BCUT2D eigenvalue weighted by Gasteiger charge is -2.18. The van der Waals surface area contributed by atoms with Gasteiger partial charge in [-0.1, -0.05) is 55.9 Å². The van der Waals surface area contributed by atoms with Gasteiger partial charge in [0, 0.05) is 30.6 Å². The summed E-state index contributed by atoms with van der Waals surface area (Å²) in [4.78, 5) is 13.2. The second kappa shape index (κ2) is 10.3. The average Bonchev–Trinajstić information content (AvgIpc) is 2.68. The van der Waals surface area contributed by atoms with E-state index in [9.17, 15) is 13.2 Å². The number of sulfonamides is 1. The largest absolute Gasteiger partial charge is 0.348 e. The van der Waals surface area contributed by atoms with E-state index >= 15 is 0 Å². The fourth-order valence-electron chi connectivity index (χ4n) is 2.41. The number of carbonyl (C=O) groups excluding carboxylic acids is 1. The number of thioether (sulfide) groups is 1. The fourth-order valence-corrected chi connectivity index (χ4v) is 4.53. The van der Waals surface area contributed by atoms with Crippen molar-refractivity contribution in [3.63, 3.8) is 0 Å². The number of hydrogen-bond acceptors (Lipinski definition) is 4. The molecular weight excluding hydrogens is 380 g/mol. The number of hydrogen-bond donors (Lipinski definition) is 1. The SMILES string of the molecule is CCN(CC)S(=O)(=O)c1ccc(CNC(=O)/C=C/Sc2ccccc2)cc1. The van der Waals surface area contributed by atoms with Crippen LogP contribution in [0.15, 0.2) is 75.9 Å². The molecule has 0 fully saturated rings. The molecule has 0 aromatic heterocycles. The Bertz CT molecular complexity index is 860. The highest BCUT2D eigenvalue weighted by atomic mass is 32.2. The van der Waals surface area contributed by atoms with Crippen LogP contribution in [0.4, 0.5) is 0 Å². The summed E-state index contributed by atoms with van der Waals surface area (Å²) in [6.45, 7) is 4.84. The number of amides is 1. The third-order valence-electron chi connectivity index (χ3n) is 3.90. The van der Waals surface area contributed by atoms with E-state index in [1.807, 2.05) is 44.2 Å². The molecule has 7 heteroatoms. The quantitative estimate of drug-likeness (QED) is 0.512. The van der Waals surface area contributed by atoms with Crippen molar-refractivity contribution in [2.45, 2.75) is 30.2 Å². The van der Waals surface area contributed by atoms with E-state index in [0.717, 1.165) is 10.5 Å². The van der Waals surface area contributed by atoms with Gasteiger partial charge in [-0.15, -0.1) is 0 Å². The third-order valence-corrected chi connectivity index (χ3v) is 6.78. The van der Waals surface area contributed by atoms with Crippen LogP contribution in [-0.4, -0.2) is 31.7 Å². The van der Waals surface area contributed by atoms with E-state index in [2.05, 4.69) is 5.32 Å². The Morgan fingerprint density at radius 3 is 2.26 bits per heavy atom. The van der Waals surface area contributed by atoms with E-state index in [1.54, 1.807) is 29.7 Å². The van der Waals surface area contributed by atoms with Gasteiger partial charge >= 0.3 is 0 Å². The lowest BCUT2D eigenvalue weighted by atomic mass is 10.2. The minimum absolute atomic E-state index is 0.196. The molecular formula is C20H24N2O3S2. The Kier molecular flexibility index (Phi) is 8.09. The summed E-state index contributed by atoms with van der Waals surface area (Å²) < 4.78 is 26.3. The van der Waals surface area contributed by atoms with Gasteiger partial charge in [-0.3, -0.25) is 4.79 Å². The van der Waals surface area contributed by atoms with Crippen molar-refractivity contribution in [3.05, 3.63) is 71.6 Å². The van der Waals surface area contributed by atoms with Crippen molar-refractivity contribution in [3.8, 4) is 0 Å². The number of benzene rings is 2. The van der Waals surface area contributed by atoms with Gasteiger partial charge in [-0.25, -0.2) is 8.42 Å². The van der Waals surface area contributed by atoms with Crippen molar-refractivity contribution in [2.24, 2.45) is 0 Å². The molecule has 0 saturated heterocycles. The van der Waals surface area contributed by atoms with Crippen molar-refractivity contribution in [1.29, 1.82) is 0 Å². The average molecular weight is 405 g/mol. The molecule has 0 atom stereocenters. The van der Waals surface area contributed by atoms with Crippen LogP contribution < -0.4 is 5.32 Å². The topological polar surface area (TPSA) is 66.5 Å². The first-order valence-corrected chi connectivity index (χ1v) is 11.0. The standard InChI is InChI=1S/C20H24N2O3S2/c1-3-22(4-2)27(24,25)19-12-10-17(11-13-19)16-21-20(23)14-15-26-18-8-6-5-7-9-18/h5-15H,3-4,16H2,1-2H3,(H,21,23)/b15-14+. The Morgan fingerprint density at radius 2 is 1.67 bits per heavy atom. The first-order chi connectivity index (χ1) is 13.0. The maximum absolute atomic E-state index is 12.5. The zero-order chi connectivity index (χ0) is 19.7. The summed E-state index contributed by atoms with van der Waals surface area (Å²) in [6.07, 6.45) is 1.48. The highest BCUT2D eigenvalue weighted by Crippen LogP contribution is 2.18. The maximum Gasteiger partial charge on any atom is 0.244 e.